The second kappa shape index (κ2) is 5.58. The Morgan fingerprint density at radius 3 is 2.74 bits per heavy atom. The van der Waals surface area contributed by atoms with Crippen molar-refractivity contribution in [2.75, 3.05) is 20.7 Å². The maximum absolute atomic E-state index is 11.9. The van der Waals surface area contributed by atoms with E-state index in [4.69, 9.17) is 4.74 Å². The van der Waals surface area contributed by atoms with E-state index in [9.17, 15) is 4.79 Å². The summed E-state index contributed by atoms with van der Waals surface area (Å²) in [6, 6.07) is 6.23. The number of esters is 1. The fourth-order valence-corrected chi connectivity index (χ4v) is 2.75. The smallest absolute Gasteiger partial charge is 0.339 e. The van der Waals surface area contributed by atoms with Crippen molar-refractivity contribution in [2.24, 2.45) is 0 Å². The normalized spacial score (nSPS) is 14.8. The summed E-state index contributed by atoms with van der Waals surface area (Å²) in [5, 5.41) is 1.11. The molecule has 0 fully saturated rings. The van der Waals surface area contributed by atoms with Crippen molar-refractivity contribution in [2.45, 2.75) is 6.92 Å². The minimum absolute atomic E-state index is 0.301. The Kier molecular flexibility index (Phi) is 4.06. The summed E-state index contributed by atoms with van der Waals surface area (Å²) in [6.45, 7) is 2.84. The Morgan fingerprint density at radius 1 is 1.37 bits per heavy atom. The average Bonchev–Trinajstić information content (AvgIpc) is 2.36. The Bertz CT molecular complexity index is 555. The first-order valence-electron chi connectivity index (χ1n) is 6.10. The van der Waals surface area contributed by atoms with Crippen molar-refractivity contribution in [3.05, 3.63) is 47.1 Å². The Labute approximate surface area is 116 Å². The van der Waals surface area contributed by atoms with Crippen molar-refractivity contribution < 1.29 is 9.53 Å². The van der Waals surface area contributed by atoms with Crippen LogP contribution in [0.3, 0.4) is 0 Å². The van der Waals surface area contributed by atoms with Gasteiger partial charge in [-0.2, -0.15) is 0 Å². The van der Waals surface area contributed by atoms with Crippen LogP contribution in [0.2, 0.25) is 0 Å². The average molecular weight is 275 g/mol. The van der Waals surface area contributed by atoms with Gasteiger partial charge in [-0.1, -0.05) is 12.1 Å². The second-order valence-corrected chi connectivity index (χ2v) is 5.34. The summed E-state index contributed by atoms with van der Waals surface area (Å²) < 4.78 is 4.87. The van der Waals surface area contributed by atoms with Gasteiger partial charge in [-0.05, 0) is 41.6 Å². The highest BCUT2D eigenvalue weighted by Gasteiger charge is 2.21. The molecule has 2 rings (SSSR count). The molecular weight excluding hydrogens is 257 g/mol. The van der Waals surface area contributed by atoms with E-state index in [-0.39, 0.29) is 5.97 Å². The predicted molar refractivity (Wildman–Crippen MR) is 81.2 cm³/mol. The van der Waals surface area contributed by atoms with Crippen LogP contribution < -0.4 is 5.30 Å². The molecule has 1 aliphatic rings. The van der Waals surface area contributed by atoms with E-state index in [2.05, 4.69) is 32.3 Å². The number of rotatable bonds is 2. The summed E-state index contributed by atoms with van der Waals surface area (Å²) >= 11 is 0. The Hall–Kier alpha value is -1.60. The van der Waals surface area contributed by atoms with E-state index in [1.807, 2.05) is 26.1 Å². The fourth-order valence-electron chi connectivity index (χ4n) is 2.30. The lowest BCUT2D eigenvalue weighted by molar-refractivity contribution is -0.135. The van der Waals surface area contributed by atoms with Crippen LogP contribution >= 0.6 is 9.24 Å². The molecule has 0 bridgehead atoms. The number of ether oxygens (including phenoxy) is 1. The third kappa shape index (κ3) is 2.87. The molecule has 0 amide bonds. The molecule has 19 heavy (non-hydrogen) atoms. The molecular formula is C15H18NO2P. The molecule has 1 atom stereocenters. The monoisotopic (exact) mass is 275 g/mol. The molecule has 1 aliphatic heterocycles. The quantitative estimate of drug-likeness (QED) is 0.609. The maximum atomic E-state index is 11.9. The van der Waals surface area contributed by atoms with Gasteiger partial charge in [0.25, 0.3) is 0 Å². The molecule has 0 saturated carbocycles. The van der Waals surface area contributed by atoms with E-state index in [0.717, 1.165) is 23.1 Å². The highest BCUT2D eigenvalue weighted by atomic mass is 31.0. The molecule has 0 N–H and O–H groups in total. The summed E-state index contributed by atoms with van der Waals surface area (Å²) in [6.07, 6.45) is 3.80. The summed E-state index contributed by atoms with van der Waals surface area (Å²) in [5.41, 5.74) is 3.73. The second-order valence-electron chi connectivity index (χ2n) is 4.67. The van der Waals surface area contributed by atoms with Crippen LogP contribution in [0.4, 0.5) is 0 Å². The summed E-state index contributed by atoms with van der Waals surface area (Å²) in [5.74, 6) is -0.301. The molecule has 4 heteroatoms. The summed E-state index contributed by atoms with van der Waals surface area (Å²) in [7, 11) is 6.09. The van der Waals surface area contributed by atoms with Gasteiger partial charge in [-0.15, -0.1) is 9.24 Å². The molecule has 1 aromatic carbocycles. The van der Waals surface area contributed by atoms with E-state index >= 15 is 0 Å². The van der Waals surface area contributed by atoms with Crippen LogP contribution in [0.25, 0.3) is 5.70 Å². The standard InChI is InChI=1S/C15H18NO2P/c1-10-7-11(9-12(19)8-10)14-13(15(17)18-3)5-4-6-16(14)2/h4-5,7-9H,6,19H2,1-3H3. The zero-order valence-corrected chi connectivity index (χ0v) is 12.6. The minimum atomic E-state index is -0.301. The number of carbonyl (C=O) groups excluding carboxylic acids is 1. The van der Waals surface area contributed by atoms with Crippen LogP contribution in [-0.2, 0) is 9.53 Å². The maximum Gasteiger partial charge on any atom is 0.339 e. The third-order valence-corrected chi connectivity index (χ3v) is 3.41. The molecule has 0 aromatic heterocycles. The molecule has 1 aromatic rings. The number of carbonyl (C=O) groups is 1. The number of benzene rings is 1. The zero-order chi connectivity index (χ0) is 14.0. The van der Waals surface area contributed by atoms with E-state index in [1.165, 1.54) is 12.7 Å². The van der Waals surface area contributed by atoms with E-state index in [1.54, 1.807) is 0 Å². The van der Waals surface area contributed by atoms with Gasteiger partial charge in [-0.25, -0.2) is 4.79 Å². The summed E-state index contributed by atoms with van der Waals surface area (Å²) in [4.78, 5) is 14.0. The van der Waals surface area contributed by atoms with Crippen LogP contribution in [0.5, 0.6) is 0 Å². The highest BCUT2D eigenvalue weighted by molar-refractivity contribution is 7.27. The van der Waals surface area contributed by atoms with Gasteiger partial charge in [0.05, 0.1) is 18.4 Å². The van der Waals surface area contributed by atoms with Crippen LogP contribution in [0.15, 0.2) is 35.9 Å². The van der Waals surface area contributed by atoms with Crippen molar-refractivity contribution in [3.63, 3.8) is 0 Å². The van der Waals surface area contributed by atoms with Gasteiger partial charge in [-0.3, -0.25) is 0 Å². The van der Waals surface area contributed by atoms with E-state index < -0.39 is 0 Å². The van der Waals surface area contributed by atoms with E-state index in [0.29, 0.717) is 5.57 Å². The number of aryl methyl sites for hydroxylation is 1. The minimum Gasteiger partial charge on any atom is -0.465 e. The predicted octanol–water partition coefficient (Wildman–Crippen LogP) is 1.88. The van der Waals surface area contributed by atoms with Gasteiger partial charge < -0.3 is 9.64 Å². The van der Waals surface area contributed by atoms with Gasteiger partial charge in [0.15, 0.2) is 0 Å². The van der Waals surface area contributed by atoms with Crippen molar-refractivity contribution in [1.82, 2.24) is 4.90 Å². The first-order chi connectivity index (χ1) is 9.02. The van der Waals surface area contributed by atoms with Crippen LogP contribution in [0.1, 0.15) is 11.1 Å². The van der Waals surface area contributed by atoms with Crippen molar-refractivity contribution in [3.8, 4) is 0 Å². The molecule has 1 unspecified atom stereocenters. The number of hydrogen-bond acceptors (Lipinski definition) is 3. The van der Waals surface area contributed by atoms with Gasteiger partial charge in [0, 0.05) is 13.6 Å². The van der Waals surface area contributed by atoms with Gasteiger partial charge in [0.1, 0.15) is 0 Å². The number of hydrogen-bond donors (Lipinski definition) is 0. The van der Waals surface area contributed by atoms with Crippen LogP contribution in [-0.4, -0.2) is 31.6 Å². The molecule has 1 heterocycles. The highest BCUT2D eigenvalue weighted by Crippen LogP contribution is 2.27. The molecule has 0 radical (unpaired) electrons. The Morgan fingerprint density at radius 2 is 2.11 bits per heavy atom. The topological polar surface area (TPSA) is 29.5 Å². The number of nitrogens with zero attached hydrogens (tertiary/aromatic N) is 1. The number of likely N-dealkylation sites (N-methyl/N-ethyl adjacent to an activating group) is 1. The molecule has 0 aliphatic carbocycles. The lowest BCUT2D eigenvalue weighted by atomic mass is 10.0. The SMILES string of the molecule is COC(=O)C1=C(c2cc(C)cc(P)c2)N(C)CC=C1. The molecule has 0 saturated heterocycles. The molecule has 3 nitrogen and oxygen atoms in total. The van der Waals surface area contributed by atoms with Crippen molar-refractivity contribution in [1.29, 1.82) is 0 Å². The first kappa shape index (κ1) is 13.8. The molecule has 100 valence electrons. The Balaban J connectivity index is 2.61. The molecule has 0 spiro atoms. The third-order valence-electron chi connectivity index (χ3n) is 3.08. The van der Waals surface area contributed by atoms with Crippen molar-refractivity contribution >= 4 is 26.2 Å². The van der Waals surface area contributed by atoms with Crippen LogP contribution in [0, 0.1) is 6.92 Å². The largest absolute Gasteiger partial charge is 0.465 e. The fraction of sp³-hybridized carbons (Fsp3) is 0.267. The van der Waals surface area contributed by atoms with Gasteiger partial charge >= 0.3 is 5.97 Å². The lowest BCUT2D eigenvalue weighted by Gasteiger charge is -2.27. The zero-order valence-electron chi connectivity index (χ0n) is 11.4. The van der Waals surface area contributed by atoms with Gasteiger partial charge in [0.2, 0.25) is 0 Å². The first-order valence-corrected chi connectivity index (χ1v) is 6.68. The lowest BCUT2D eigenvalue weighted by Crippen LogP contribution is -2.24. The number of methoxy groups -OCH3 is 1.